The zero-order valence-electron chi connectivity index (χ0n) is 12.4. The van der Waals surface area contributed by atoms with Crippen molar-refractivity contribution in [3.63, 3.8) is 0 Å². The Hall–Kier alpha value is -2.82. The van der Waals surface area contributed by atoms with Crippen LogP contribution in [0.25, 0.3) is 11.1 Å². The SMILES string of the molecule is CCNC(=O)c1cccc(-c2cc(OC)cc(C(=O)O)c2)c1. The molecule has 5 nitrogen and oxygen atoms in total. The van der Waals surface area contributed by atoms with Crippen molar-refractivity contribution in [3.05, 3.63) is 53.6 Å². The molecule has 114 valence electrons. The van der Waals surface area contributed by atoms with E-state index < -0.39 is 5.97 Å². The van der Waals surface area contributed by atoms with E-state index in [2.05, 4.69) is 5.32 Å². The fourth-order valence-corrected chi connectivity index (χ4v) is 2.11. The summed E-state index contributed by atoms with van der Waals surface area (Å²) >= 11 is 0. The highest BCUT2D eigenvalue weighted by Gasteiger charge is 2.11. The minimum atomic E-state index is -1.03. The zero-order chi connectivity index (χ0) is 16.1. The normalized spacial score (nSPS) is 10.1. The van der Waals surface area contributed by atoms with Gasteiger partial charge in [-0.15, -0.1) is 0 Å². The molecule has 2 rings (SSSR count). The number of carbonyl (C=O) groups is 2. The van der Waals surface area contributed by atoms with Crippen molar-refractivity contribution in [2.45, 2.75) is 6.92 Å². The third-order valence-corrected chi connectivity index (χ3v) is 3.18. The van der Waals surface area contributed by atoms with Crippen molar-refractivity contribution in [3.8, 4) is 16.9 Å². The number of amides is 1. The first-order valence-electron chi connectivity index (χ1n) is 6.86. The first-order chi connectivity index (χ1) is 10.5. The van der Waals surface area contributed by atoms with Crippen LogP contribution in [0.1, 0.15) is 27.6 Å². The summed E-state index contributed by atoms with van der Waals surface area (Å²) in [4.78, 5) is 23.1. The van der Waals surface area contributed by atoms with Crippen molar-refractivity contribution in [1.82, 2.24) is 5.32 Å². The number of ether oxygens (including phenoxy) is 1. The van der Waals surface area contributed by atoms with Crippen LogP contribution in [0, 0.1) is 0 Å². The highest BCUT2D eigenvalue weighted by Crippen LogP contribution is 2.27. The van der Waals surface area contributed by atoms with E-state index in [0.717, 1.165) is 5.56 Å². The molecule has 0 atom stereocenters. The summed E-state index contributed by atoms with van der Waals surface area (Å²) in [5, 5.41) is 11.9. The van der Waals surface area contributed by atoms with Gasteiger partial charge in [0.05, 0.1) is 12.7 Å². The summed E-state index contributed by atoms with van der Waals surface area (Å²) in [5.41, 5.74) is 2.10. The number of hydrogen-bond acceptors (Lipinski definition) is 3. The van der Waals surface area contributed by atoms with Gasteiger partial charge in [0.1, 0.15) is 5.75 Å². The monoisotopic (exact) mass is 299 g/mol. The lowest BCUT2D eigenvalue weighted by Gasteiger charge is -2.09. The number of methoxy groups -OCH3 is 1. The van der Waals surface area contributed by atoms with Crippen molar-refractivity contribution in [1.29, 1.82) is 0 Å². The molecule has 0 aromatic heterocycles. The Morgan fingerprint density at radius 1 is 1.09 bits per heavy atom. The molecule has 0 saturated heterocycles. The topological polar surface area (TPSA) is 75.6 Å². The van der Waals surface area contributed by atoms with Gasteiger partial charge in [0.15, 0.2) is 0 Å². The summed E-state index contributed by atoms with van der Waals surface area (Å²) in [5.74, 6) is -0.732. The minimum absolute atomic E-state index is 0.137. The van der Waals surface area contributed by atoms with E-state index in [1.807, 2.05) is 13.0 Å². The highest BCUT2D eigenvalue weighted by atomic mass is 16.5. The molecular weight excluding hydrogens is 282 g/mol. The molecule has 0 fully saturated rings. The van der Waals surface area contributed by atoms with Gasteiger partial charge in [0, 0.05) is 12.1 Å². The van der Waals surface area contributed by atoms with Crippen LogP contribution in [-0.4, -0.2) is 30.6 Å². The van der Waals surface area contributed by atoms with Gasteiger partial charge in [0.25, 0.3) is 5.91 Å². The average molecular weight is 299 g/mol. The summed E-state index contributed by atoms with van der Waals surface area (Å²) in [6.07, 6.45) is 0. The maximum atomic E-state index is 11.9. The van der Waals surface area contributed by atoms with Gasteiger partial charge in [-0.05, 0) is 48.4 Å². The first kappa shape index (κ1) is 15.6. The minimum Gasteiger partial charge on any atom is -0.497 e. The predicted molar refractivity (Wildman–Crippen MR) is 83.4 cm³/mol. The van der Waals surface area contributed by atoms with Gasteiger partial charge in [-0.25, -0.2) is 4.79 Å². The van der Waals surface area contributed by atoms with E-state index >= 15 is 0 Å². The van der Waals surface area contributed by atoms with Crippen LogP contribution in [0.5, 0.6) is 5.75 Å². The van der Waals surface area contributed by atoms with Crippen LogP contribution in [-0.2, 0) is 0 Å². The molecule has 2 aromatic carbocycles. The molecule has 1 amide bonds. The van der Waals surface area contributed by atoms with Crippen LogP contribution < -0.4 is 10.1 Å². The van der Waals surface area contributed by atoms with Crippen LogP contribution in [0.15, 0.2) is 42.5 Å². The summed E-state index contributed by atoms with van der Waals surface area (Å²) in [6, 6.07) is 11.8. The van der Waals surface area contributed by atoms with Crippen molar-refractivity contribution in [2.75, 3.05) is 13.7 Å². The van der Waals surface area contributed by atoms with E-state index in [9.17, 15) is 9.59 Å². The van der Waals surface area contributed by atoms with Crippen LogP contribution in [0.2, 0.25) is 0 Å². The summed E-state index contributed by atoms with van der Waals surface area (Å²) < 4.78 is 5.14. The number of benzene rings is 2. The lowest BCUT2D eigenvalue weighted by molar-refractivity contribution is 0.0696. The number of hydrogen-bond donors (Lipinski definition) is 2. The van der Waals surface area contributed by atoms with Crippen molar-refractivity contribution < 1.29 is 19.4 Å². The maximum Gasteiger partial charge on any atom is 0.335 e. The van der Waals surface area contributed by atoms with Crippen molar-refractivity contribution >= 4 is 11.9 Å². The Bertz CT molecular complexity index is 710. The summed E-state index contributed by atoms with van der Waals surface area (Å²) in [6.45, 7) is 2.40. The van der Waals surface area contributed by atoms with E-state index in [4.69, 9.17) is 9.84 Å². The van der Waals surface area contributed by atoms with Crippen molar-refractivity contribution in [2.24, 2.45) is 0 Å². The van der Waals surface area contributed by atoms with Crippen LogP contribution in [0.4, 0.5) is 0 Å². The Labute approximate surface area is 128 Å². The molecule has 0 radical (unpaired) electrons. The van der Waals surface area contributed by atoms with Crippen LogP contribution >= 0.6 is 0 Å². The van der Waals surface area contributed by atoms with Crippen LogP contribution in [0.3, 0.4) is 0 Å². The number of carboxylic acid groups (broad SMARTS) is 1. The second-order valence-electron chi connectivity index (χ2n) is 4.70. The highest BCUT2D eigenvalue weighted by molar-refractivity contribution is 5.96. The third-order valence-electron chi connectivity index (χ3n) is 3.18. The number of rotatable bonds is 5. The fourth-order valence-electron chi connectivity index (χ4n) is 2.11. The maximum absolute atomic E-state index is 11.9. The largest absolute Gasteiger partial charge is 0.497 e. The smallest absolute Gasteiger partial charge is 0.335 e. The quantitative estimate of drug-likeness (QED) is 0.890. The Morgan fingerprint density at radius 2 is 1.82 bits per heavy atom. The van der Waals surface area contributed by atoms with Gasteiger partial charge in [-0.3, -0.25) is 4.79 Å². The molecule has 0 aliphatic rings. The molecule has 22 heavy (non-hydrogen) atoms. The average Bonchev–Trinajstić information content (AvgIpc) is 2.54. The summed E-state index contributed by atoms with van der Waals surface area (Å²) in [7, 11) is 1.48. The molecule has 0 heterocycles. The Balaban J connectivity index is 2.47. The first-order valence-corrected chi connectivity index (χ1v) is 6.86. The number of carboxylic acids is 1. The second kappa shape index (κ2) is 6.76. The molecule has 0 saturated carbocycles. The van der Waals surface area contributed by atoms with E-state index in [1.54, 1.807) is 30.3 Å². The van der Waals surface area contributed by atoms with E-state index in [1.165, 1.54) is 13.2 Å². The van der Waals surface area contributed by atoms with Gasteiger partial charge >= 0.3 is 5.97 Å². The molecule has 0 unspecified atom stereocenters. The molecule has 0 spiro atoms. The van der Waals surface area contributed by atoms with Gasteiger partial charge < -0.3 is 15.2 Å². The molecule has 0 aliphatic carbocycles. The van der Waals surface area contributed by atoms with Gasteiger partial charge in [0.2, 0.25) is 0 Å². The third kappa shape index (κ3) is 3.44. The molecule has 5 heteroatoms. The number of aromatic carboxylic acids is 1. The molecule has 2 N–H and O–H groups in total. The number of nitrogens with one attached hydrogen (secondary N) is 1. The Kier molecular flexibility index (Phi) is 4.78. The lowest BCUT2D eigenvalue weighted by Crippen LogP contribution is -2.22. The molecular formula is C17H17NO4. The standard InChI is InChI=1S/C17H17NO4/c1-3-18-16(19)12-6-4-5-11(7-12)13-8-14(17(20)21)10-15(9-13)22-2/h4-10H,3H2,1-2H3,(H,18,19)(H,20,21). The fraction of sp³-hybridized carbons (Fsp3) is 0.176. The zero-order valence-corrected chi connectivity index (χ0v) is 12.4. The second-order valence-corrected chi connectivity index (χ2v) is 4.70. The predicted octanol–water partition coefficient (Wildman–Crippen LogP) is 2.81. The van der Waals surface area contributed by atoms with Gasteiger partial charge in [-0.1, -0.05) is 12.1 Å². The molecule has 0 aliphatic heterocycles. The van der Waals surface area contributed by atoms with E-state index in [-0.39, 0.29) is 11.5 Å². The molecule has 0 bridgehead atoms. The Morgan fingerprint density at radius 3 is 2.45 bits per heavy atom. The number of carbonyl (C=O) groups excluding carboxylic acids is 1. The van der Waals surface area contributed by atoms with E-state index in [0.29, 0.717) is 23.4 Å². The molecule has 2 aromatic rings. The van der Waals surface area contributed by atoms with Gasteiger partial charge in [-0.2, -0.15) is 0 Å². The lowest BCUT2D eigenvalue weighted by atomic mass is 10.0.